The normalized spacial score (nSPS) is 13.7. The topological polar surface area (TPSA) is 126 Å². The van der Waals surface area contributed by atoms with E-state index in [-0.39, 0.29) is 23.2 Å². The van der Waals surface area contributed by atoms with Crippen molar-refractivity contribution in [1.82, 2.24) is 15.2 Å². The van der Waals surface area contributed by atoms with Crippen molar-refractivity contribution in [3.63, 3.8) is 0 Å². The maximum Gasteiger partial charge on any atom is 0.293 e. The maximum absolute atomic E-state index is 12.0. The Labute approximate surface area is 118 Å². The van der Waals surface area contributed by atoms with Crippen molar-refractivity contribution in [3.05, 3.63) is 40.2 Å². The summed E-state index contributed by atoms with van der Waals surface area (Å²) < 4.78 is 0. The lowest BCUT2D eigenvalue weighted by molar-refractivity contribution is -0.384. The van der Waals surface area contributed by atoms with Crippen LogP contribution in [-0.2, 0) is 0 Å². The fourth-order valence-electron chi connectivity index (χ4n) is 1.84. The summed E-state index contributed by atoms with van der Waals surface area (Å²) in [7, 11) is 0. The minimum Gasteiger partial charge on any atom is -0.377 e. The largest absolute Gasteiger partial charge is 0.377 e. The second-order valence-corrected chi connectivity index (χ2v) is 4.70. The number of nitro benzene ring substituents is 1. The molecule has 2 aromatic rings. The number of carbonyl (C=O) groups is 1. The monoisotopic (exact) mass is 288 g/mol. The summed E-state index contributed by atoms with van der Waals surface area (Å²) in [4.78, 5) is 26.4. The van der Waals surface area contributed by atoms with Crippen LogP contribution in [0.15, 0.2) is 24.5 Å². The number of nitrogens with one attached hydrogen (secondary N) is 3. The molecule has 9 nitrogen and oxygen atoms in total. The minimum atomic E-state index is -0.504. The fourth-order valence-corrected chi connectivity index (χ4v) is 1.84. The van der Waals surface area contributed by atoms with Gasteiger partial charge in [-0.2, -0.15) is 10.1 Å². The summed E-state index contributed by atoms with van der Waals surface area (Å²) >= 11 is 0. The molecule has 1 heterocycles. The van der Waals surface area contributed by atoms with Crippen molar-refractivity contribution in [2.75, 3.05) is 10.6 Å². The van der Waals surface area contributed by atoms with E-state index in [4.69, 9.17) is 0 Å². The van der Waals surface area contributed by atoms with Crippen LogP contribution in [0.4, 0.5) is 17.3 Å². The molecular formula is C12H12N6O3. The Balaban J connectivity index is 1.83. The third kappa shape index (κ3) is 2.96. The molecule has 1 amide bonds. The molecule has 3 N–H and O–H groups in total. The Bertz CT molecular complexity index is 680. The number of hydrogen-bond donors (Lipinski definition) is 3. The molecule has 1 fully saturated rings. The first-order valence-corrected chi connectivity index (χ1v) is 6.35. The standard InChI is InChI=1S/C12H12N6O3/c19-11(16-12-13-6-14-17-12)7-1-4-9(15-8-2-3-8)10(5-7)18(20)21/h1,4-6,8,15H,2-3H2,(H2,13,14,16,17,19). The molecule has 0 bridgehead atoms. The molecule has 0 unspecified atom stereocenters. The number of amides is 1. The highest BCUT2D eigenvalue weighted by Crippen LogP contribution is 2.31. The van der Waals surface area contributed by atoms with Gasteiger partial charge in [-0.1, -0.05) is 0 Å². The number of H-pyrrole nitrogens is 1. The number of hydrogen-bond acceptors (Lipinski definition) is 6. The molecule has 9 heteroatoms. The number of anilines is 2. The first-order valence-electron chi connectivity index (χ1n) is 6.35. The van der Waals surface area contributed by atoms with Gasteiger partial charge in [-0.25, -0.2) is 5.10 Å². The second-order valence-electron chi connectivity index (χ2n) is 4.70. The second kappa shape index (κ2) is 5.19. The first-order chi connectivity index (χ1) is 10.1. The van der Waals surface area contributed by atoms with E-state index in [0.717, 1.165) is 12.8 Å². The molecule has 1 saturated carbocycles. The van der Waals surface area contributed by atoms with Gasteiger partial charge in [-0.15, -0.1) is 0 Å². The lowest BCUT2D eigenvalue weighted by atomic mass is 10.1. The van der Waals surface area contributed by atoms with E-state index in [1.807, 2.05) is 0 Å². The molecule has 3 rings (SSSR count). The Morgan fingerprint density at radius 2 is 2.24 bits per heavy atom. The van der Waals surface area contributed by atoms with Crippen molar-refractivity contribution in [3.8, 4) is 0 Å². The van der Waals surface area contributed by atoms with E-state index in [1.54, 1.807) is 6.07 Å². The van der Waals surface area contributed by atoms with Gasteiger partial charge in [0.25, 0.3) is 11.6 Å². The average molecular weight is 288 g/mol. The van der Waals surface area contributed by atoms with Crippen molar-refractivity contribution in [2.24, 2.45) is 0 Å². The molecule has 108 valence electrons. The molecular weight excluding hydrogens is 276 g/mol. The Morgan fingerprint density at radius 1 is 1.43 bits per heavy atom. The molecule has 1 aromatic heterocycles. The van der Waals surface area contributed by atoms with Crippen LogP contribution in [0.1, 0.15) is 23.2 Å². The maximum atomic E-state index is 12.0. The van der Waals surface area contributed by atoms with Gasteiger partial charge in [0, 0.05) is 17.7 Å². The summed E-state index contributed by atoms with van der Waals surface area (Å²) in [6.45, 7) is 0. The third-order valence-electron chi connectivity index (χ3n) is 3.04. The zero-order chi connectivity index (χ0) is 14.8. The predicted molar refractivity (Wildman–Crippen MR) is 74.1 cm³/mol. The van der Waals surface area contributed by atoms with Crippen LogP contribution in [0.5, 0.6) is 0 Å². The van der Waals surface area contributed by atoms with Gasteiger partial charge < -0.3 is 5.32 Å². The van der Waals surface area contributed by atoms with Crippen molar-refractivity contribution >= 4 is 23.2 Å². The molecule has 0 aliphatic heterocycles. The predicted octanol–water partition coefficient (Wildman–Crippen LogP) is 1.54. The van der Waals surface area contributed by atoms with Gasteiger partial charge >= 0.3 is 0 Å². The molecule has 1 aliphatic carbocycles. The van der Waals surface area contributed by atoms with Gasteiger partial charge in [-0.05, 0) is 25.0 Å². The summed E-state index contributed by atoms with van der Waals surface area (Å²) in [6, 6.07) is 4.61. The van der Waals surface area contributed by atoms with Crippen LogP contribution in [0.25, 0.3) is 0 Å². The van der Waals surface area contributed by atoms with Crippen LogP contribution >= 0.6 is 0 Å². The van der Waals surface area contributed by atoms with E-state index in [2.05, 4.69) is 25.8 Å². The summed E-state index contributed by atoms with van der Waals surface area (Å²) in [5.41, 5.74) is 0.491. The average Bonchev–Trinajstić information content (AvgIpc) is 3.13. The van der Waals surface area contributed by atoms with E-state index >= 15 is 0 Å². The van der Waals surface area contributed by atoms with Crippen LogP contribution in [0, 0.1) is 10.1 Å². The molecule has 1 aromatic carbocycles. The highest BCUT2D eigenvalue weighted by molar-refractivity contribution is 6.04. The van der Waals surface area contributed by atoms with Crippen LogP contribution in [-0.4, -0.2) is 32.1 Å². The number of nitrogens with zero attached hydrogens (tertiary/aromatic N) is 3. The molecule has 0 atom stereocenters. The zero-order valence-electron chi connectivity index (χ0n) is 10.9. The smallest absolute Gasteiger partial charge is 0.293 e. The molecule has 1 aliphatic rings. The van der Waals surface area contributed by atoms with E-state index in [9.17, 15) is 14.9 Å². The fraction of sp³-hybridized carbons (Fsp3) is 0.250. The van der Waals surface area contributed by atoms with Gasteiger partial charge in [0.15, 0.2) is 0 Å². The molecule has 0 radical (unpaired) electrons. The Kier molecular flexibility index (Phi) is 3.22. The van der Waals surface area contributed by atoms with Crippen molar-refractivity contribution < 1.29 is 9.72 Å². The SMILES string of the molecule is O=C(Nc1ncn[nH]1)c1ccc(NC2CC2)c([N+](=O)[O-])c1. The first kappa shape index (κ1) is 13.0. The molecule has 0 saturated heterocycles. The minimum absolute atomic E-state index is 0.118. The number of aromatic amines is 1. The highest BCUT2D eigenvalue weighted by atomic mass is 16.6. The number of aromatic nitrogens is 3. The summed E-state index contributed by atoms with van der Waals surface area (Å²) in [6.07, 6.45) is 3.26. The third-order valence-corrected chi connectivity index (χ3v) is 3.04. The van der Waals surface area contributed by atoms with E-state index < -0.39 is 10.8 Å². The van der Waals surface area contributed by atoms with Crippen molar-refractivity contribution in [1.29, 1.82) is 0 Å². The van der Waals surface area contributed by atoms with Crippen molar-refractivity contribution in [2.45, 2.75) is 18.9 Å². The zero-order valence-corrected chi connectivity index (χ0v) is 10.9. The Morgan fingerprint density at radius 3 is 2.86 bits per heavy atom. The van der Waals surface area contributed by atoms with E-state index in [0.29, 0.717) is 5.69 Å². The summed E-state index contributed by atoms with van der Waals surface area (Å²) in [5.74, 6) is -0.310. The Hall–Kier alpha value is -2.97. The number of benzene rings is 1. The quantitative estimate of drug-likeness (QED) is 0.566. The van der Waals surface area contributed by atoms with Crippen LogP contribution in [0.2, 0.25) is 0 Å². The van der Waals surface area contributed by atoms with Crippen LogP contribution in [0.3, 0.4) is 0 Å². The number of carbonyl (C=O) groups excluding carboxylic acids is 1. The number of rotatable bonds is 5. The van der Waals surface area contributed by atoms with Gasteiger partial charge in [0.1, 0.15) is 12.0 Å². The van der Waals surface area contributed by atoms with Gasteiger partial charge in [0.2, 0.25) is 5.95 Å². The molecule has 0 spiro atoms. The van der Waals surface area contributed by atoms with Crippen LogP contribution < -0.4 is 10.6 Å². The highest BCUT2D eigenvalue weighted by Gasteiger charge is 2.25. The molecule has 21 heavy (non-hydrogen) atoms. The number of nitro groups is 1. The van der Waals surface area contributed by atoms with Gasteiger partial charge in [0.05, 0.1) is 4.92 Å². The summed E-state index contributed by atoms with van der Waals surface area (Å²) in [5, 5.41) is 22.7. The lowest BCUT2D eigenvalue weighted by Gasteiger charge is -2.07. The lowest BCUT2D eigenvalue weighted by Crippen LogP contribution is -2.14. The van der Waals surface area contributed by atoms with Gasteiger partial charge in [-0.3, -0.25) is 20.2 Å². The van der Waals surface area contributed by atoms with E-state index in [1.165, 1.54) is 18.5 Å².